The Balaban J connectivity index is 1.67. The molecule has 4 rings (SSSR count). The molecule has 1 atom stereocenters. The van der Waals surface area contributed by atoms with Gasteiger partial charge < -0.3 is 16.0 Å². The number of nitrogens with zero attached hydrogens (tertiary/aromatic N) is 4. The number of hydrazine groups is 1. The van der Waals surface area contributed by atoms with Crippen LogP contribution in [0.1, 0.15) is 31.4 Å². The number of benzene rings is 2. The summed E-state index contributed by atoms with van der Waals surface area (Å²) in [4.78, 5) is 45.1. The van der Waals surface area contributed by atoms with Gasteiger partial charge in [0, 0.05) is 49.1 Å². The summed E-state index contributed by atoms with van der Waals surface area (Å²) >= 11 is 12.0. The van der Waals surface area contributed by atoms with E-state index in [2.05, 4.69) is 10.3 Å². The molecule has 2 heterocycles. The van der Waals surface area contributed by atoms with Gasteiger partial charge in [0.25, 0.3) is 5.56 Å². The van der Waals surface area contributed by atoms with E-state index in [1.807, 2.05) is 30.3 Å². The minimum atomic E-state index is -0.808. The van der Waals surface area contributed by atoms with Gasteiger partial charge in [0.1, 0.15) is 11.2 Å². The average Bonchev–Trinajstić information content (AvgIpc) is 2.92. The first-order chi connectivity index (χ1) is 19.1. The summed E-state index contributed by atoms with van der Waals surface area (Å²) in [5, 5.41) is 4.52. The van der Waals surface area contributed by atoms with Crippen molar-refractivity contribution in [3.05, 3.63) is 93.2 Å². The van der Waals surface area contributed by atoms with E-state index in [1.165, 1.54) is 35.1 Å². The molecule has 0 saturated carbocycles. The lowest BCUT2D eigenvalue weighted by atomic mass is 10.0. The van der Waals surface area contributed by atoms with Gasteiger partial charge >= 0.3 is 0 Å². The number of hydrogen-bond acceptors (Lipinski definition) is 7. The SMILES string of the molecule is CC(=O)NC1CCN(C(=O)C(Cc2ccccc2)n2cnc(-c3cc(Cl)ccc3N(N)/C=C(\N)Cl)cc2=O)CC1. The van der Waals surface area contributed by atoms with Gasteiger partial charge in [-0.25, -0.2) is 10.8 Å². The molecular formula is C28H31Cl2N7O3. The Kier molecular flexibility index (Phi) is 9.46. The molecule has 2 amide bonds. The smallest absolute Gasteiger partial charge is 0.254 e. The lowest BCUT2D eigenvalue weighted by molar-refractivity contribution is -0.136. The van der Waals surface area contributed by atoms with Crippen LogP contribution in [0.3, 0.4) is 0 Å². The molecule has 10 nitrogen and oxygen atoms in total. The molecule has 1 fully saturated rings. The molecule has 210 valence electrons. The van der Waals surface area contributed by atoms with Crippen molar-refractivity contribution in [3.8, 4) is 11.3 Å². The summed E-state index contributed by atoms with van der Waals surface area (Å²) in [6.07, 6.45) is 4.29. The number of hydrogen-bond donors (Lipinski definition) is 3. The lowest BCUT2D eigenvalue weighted by Crippen LogP contribution is -2.49. The molecule has 40 heavy (non-hydrogen) atoms. The monoisotopic (exact) mass is 583 g/mol. The van der Waals surface area contributed by atoms with E-state index in [0.717, 1.165) is 5.56 Å². The second-order valence-electron chi connectivity index (χ2n) is 9.61. The highest BCUT2D eigenvalue weighted by molar-refractivity contribution is 6.31. The van der Waals surface area contributed by atoms with Gasteiger partial charge in [0.05, 0.1) is 23.9 Å². The number of halogens is 2. The zero-order valence-electron chi connectivity index (χ0n) is 22.0. The number of rotatable bonds is 8. The van der Waals surface area contributed by atoms with E-state index < -0.39 is 11.6 Å². The van der Waals surface area contributed by atoms with Crippen molar-refractivity contribution in [2.75, 3.05) is 18.1 Å². The van der Waals surface area contributed by atoms with Gasteiger partial charge in [-0.2, -0.15) is 0 Å². The second kappa shape index (κ2) is 13.0. The number of piperidine rings is 1. The number of carbonyl (C=O) groups is 2. The van der Waals surface area contributed by atoms with Crippen molar-refractivity contribution < 1.29 is 9.59 Å². The predicted molar refractivity (Wildman–Crippen MR) is 156 cm³/mol. The third-order valence-electron chi connectivity index (χ3n) is 6.72. The van der Waals surface area contributed by atoms with Crippen molar-refractivity contribution in [1.29, 1.82) is 0 Å². The Morgan fingerprint density at radius 2 is 1.88 bits per heavy atom. The van der Waals surface area contributed by atoms with E-state index in [-0.39, 0.29) is 23.0 Å². The molecule has 1 aromatic heterocycles. The number of likely N-dealkylation sites (tertiary alicyclic amines) is 1. The topological polar surface area (TPSA) is 140 Å². The molecule has 1 aliphatic heterocycles. The van der Waals surface area contributed by atoms with Crippen molar-refractivity contribution in [3.63, 3.8) is 0 Å². The van der Waals surface area contributed by atoms with Crippen LogP contribution in [0.5, 0.6) is 0 Å². The molecule has 2 aromatic carbocycles. The molecule has 0 bridgehead atoms. The molecule has 12 heteroatoms. The maximum absolute atomic E-state index is 13.8. The van der Waals surface area contributed by atoms with Crippen molar-refractivity contribution in [2.45, 2.75) is 38.3 Å². The number of aromatic nitrogens is 2. The van der Waals surface area contributed by atoms with Gasteiger partial charge in [-0.1, -0.05) is 53.5 Å². The molecular weight excluding hydrogens is 553 g/mol. The highest BCUT2D eigenvalue weighted by Gasteiger charge is 2.30. The Bertz CT molecular complexity index is 1450. The summed E-state index contributed by atoms with van der Waals surface area (Å²) in [5.41, 5.74) is 7.34. The summed E-state index contributed by atoms with van der Waals surface area (Å²) in [7, 11) is 0. The molecule has 5 N–H and O–H groups in total. The fraction of sp³-hybridized carbons (Fsp3) is 0.286. The fourth-order valence-electron chi connectivity index (χ4n) is 4.82. The Morgan fingerprint density at radius 1 is 1.18 bits per heavy atom. The van der Waals surface area contributed by atoms with Crippen LogP contribution in [0.15, 0.2) is 77.1 Å². The van der Waals surface area contributed by atoms with Crippen LogP contribution in [0.25, 0.3) is 11.3 Å². The number of anilines is 1. The third kappa shape index (κ3) is 7.20. The van der Waals surface area contributed by atoms with Crippen molar-refractivity contribution in [2.24, 2.45) is 11.6 Å². The zero-order chi connectivity index (χ0) is 28.8. The maximum Gasteiger partial charge on any atom is 0.254 e. The van der Waals surface area contributed by atoms with E-state index >= 15 is 0 Å². The normalized spacial score (nSPS) is 15.0. The Labute approximate surface area is 242 Å². The van der Waals surface area contributed by atoms with E-state index in [0.29, 0.717) is 54.3 Å². The highest BCUT2D eigenvalue weighted by Crippen LogP contribution is 2.31. The standard InChI is InChI=1S/C28H31Cl2N7O3/c1-18(38)34-21-9-11-35(12-10-21)28(40)25(13-19-5-3-2-4-6-19)36-17-33-23(15-27(36)39)22-14-20(29)7-8-24(22)37(32)16-26(30)31/h2-8,14-17,21,25H,9-13,31-32H2,1H3,(H,34,38)/b26-16-. The number of nitrogens with two attached hydrogens (primary N) is 2. The number of nitrogens with one attached hydrogen (secondary N) is 1. The highest BCUT2D eigenvalue weighted by atomic mass is 35.5. The van der Waals surface area contributed by atoms with Gasteiger partial charge in [0.15, 0.2) is 0 Å². The van der Waals surface area contributed by atoms with Crippen LogP contribution in [0.2, 0.25) is 5.02 Å². The Hall–Kier alpha value is -3.86. The quantitative estimate of drug-likeness (QED) is 0.210. The molecule has 1 aliphatic rings. The minimum Gasteiger partial charge on any atom is -0.388 e. The average molecular weight is 585 g/mol. The molecule has 0 spiro atoms. The Morgan fingerprint density at radius 3 is 2.50 bits per heavy atom. The van der Waals surface area contributed by atoms with Crippen LogP contribution in [0, 0.1) is 0 Å². The van der Waals surface area contributed by atoms with Crippen molar-refractivity contribution >= 4 is 40.7 Å². The first-order valence-corrected chi connectivity index (χ1v) is 13.5. The summed E-state index contributed by atoms with van der Waals surface area (Å²) in [5.74, 6) is 5.84. The van der Waals surface area contributed by atoms with Gasteiger partial charge in [-0.15, -0.1) is 0 Å². The van der Waals surface area contributed by atoms with Crippen LogP contribution >= 0.6 is 23.2 Å². The summed E-state index contributed by atoms with van der Waals surface area (Å²) in [6.45, 7) is 2.44. The van der Waals surface area contributed by atoms with Crippen LogP contribution < -0.4 is 27.5 Å². The first kappa shape index (κ1) is 29.1. The number of carbonyl (C=O) groups excluding carboxylic acids is 2. The van der Waals surface area contributed by atoms with Crippen LogP contribution in [-0.4, -0.2) is 45.4 Å². The van der Waals surface area contributed by atoms with E-state index in [1.54, 1.807) is 23.1 Å². The molecule has 1 unspecified atom stereocenters. The lowest BCUT2D eigenvalue weighted by Gasteiger charge is -2.34. The zero-order valence-corrected chi connectivity index (χ0v) is 23.5. The van der Waals surface area contributed by atoms with Crippen LogP contribution in [0.4, 0.5) is 5.69 Å². The molecule has 0 radical (unpaired) electrons. The molecule has 0 aliphatic carbocycles. The largest absolute Gasteiger partial charge is 0.388 e. The van der Waals surface area contributed by atoms with Gasteiger partial charge in [-0.3, -0.25) is 24.0 Å². The number of amides is 2. The first-order valence-electron chi connectivity index (χ1n) is 12.8. The van der Waals surface area contributed by atoms with Gasteiger partial charge in [-0.05, 0) is 36.6 Å². The summed E-state index contributed by atoms with van der Waals surface area (Å²) in [6, 6.07) is 15.0. The van der Waals surface area contributed by atoms with Crippen molar-refractivity contribution in [1.82, 2.24) is 19.8 Å². The van der Waals surface area contributed by atoms with Crippen LogP contribution in [-0.2, 0) is 16.0 Å². The van der Waals surface area contributed by atoms with E-state index in [9.17, 15) is 14.4 Å². The third-order valence-corrected chi connectivity index (χ3v) is 7.05. The maximum atomic E-state index is 13.8. The second-order valence-corrected chi connectivity index (χ2v) is 10.5. The molecule has 3 aromatic rings. The van der Waals surface area contributed by atoms with E-state index in [4.69, 9.17) is 34.8 Å². The predicted octanol–water partition coefficient (Wildman–Crippen LogP) is 3.15. The fourth-order valence-corrected chi connectivity index (χ4v) is 5.09. The minimum absolute atomic E-state index is 0.0239. The molecule has 1 saturated heterocycles. The summed E-state index contributed by atoms with van der Waals surface area (Å²) < 4.78 is 1.36. The van der Waals surface area contributed by atoms with Gasteiger partial charge in [0.2, 0.25) is 11.8 Å².